The van der Waals surface area contributed by atoms with Gasteiger partial charge in [-0.05, 0) is 74.3 Å². The van der Waals surface area contributed by atoms with E-state index in [0.29, 0.717) is 12.1 Å². The lowest BCUT2D eigenvalue weighted by molar-refractivity contribution is -0.124. The standard InChI is InChI=1S/C31H38N2O3/c1-36-25-18-16-23(17-19-25)29-28(30(34)32-21-20-22-10-4-2-5-11-22)26-14-8-9-15-27(26)31(35)33(29)24-12-6-3-7-13-24/h8-10,14-19,24,28-29H,2-7,11-13,20-21H2,1H3,(H,32,34)/t28-,29-/m0/s1. The minimum atomic E-state index is -0.449. The normalized spacial score (nSPS) is 22.5. The minimum Gasteiger partial charge on any atom is -0.497 e. The molecule has 1 saturated carbocycles. The fraction of sp³-hybridized carbons (Fsp3) is 0.484. The fourth-order valence-electron chi connectivity index (χ4n) is 6.34. The molecule has 5 heteroatoms. The van der Waals surface area contributed by atoms with Gasteiger partial charge in [-0.25, -0.2) is 0 Å². The van der Waals surface area contributed by atoms with Crippen LogP contribution in [-0.4, -0.2) is 36.4 Å². The van der Waals surface area contributed by atoms with Crippen molar-refractivity contribution in [3.8, 4) is 5.75 Å². The third-order valence-electron chi connectivity index (χ3n) is 8.21. The predicted octanol–water partition coefficient (Wildman–Crippen LogP) is 6.32. The molecule has 0 aromatic heterocycles. The Morgan fingerprint density at radius 2 is 1.78 bits per heavy atom. The number of benzene rings is 2. The van der Waals surface area contributed by atoms with Gasteiger partial charge >= 0.3 is 0 Å². The quantitative estimate of drug-likeness (QED) is 0.466. The molecule has 0 spiro atoms. The number of carbonyl (C=O) groups excluding carboxylic acids is 2. The second kappa shape index (κ2) is 11.3. The molecule has 2 aromatic carbocycles. The molecule has 3 aliphatic rings. The van der Waals surface area contributed by atoms with E-state index in [4.69, 9.17) is 4.74 Å². The first-order valence-corrected chi connectivity index (χ1v) is 13.7. The van der Waals surface area contributed by atoms with Crippen LogP contribution in [0.2, 0.25) is 0 Å². The van der Waals surface area contributed by atoms with Crippen LogP contribution in [0, 0.1) is 0 Å². The highest BCUT2D eigenvalue weighted by atomic mass is 16.5. The van der Waals surface area contributed by atoms with Crippen molar-refractivity contribution in [1.82, 2.24) is 10.2 Å². The summed E-state index contributed by atoms with van der Waals surface area (Å²) in [6.07, 6.45) is 13.5. The summed E-state index contributed by atoms with van der Waals surface area (Å²) in [5.41, 5.74) is 3.95. The van der Waals surface area contributed by atoms with Crippen LogP contribution in [0.4, 0.5) is 0 Å². The summed E-state index contributed by atoms with van der Waals surface area (Å²) in [6.45, 7) is 0.635. The SMILES string of the molecule is COc1ccc([C@H]2[C@@H](C(=O)NCCC3=CCCCC3)c3ccccc3C(=O)N2C2CCCCC2)cc1. The Morgan fingerprint density at radius 1 is 1.00 bits per heavy atom. The van der Waals surface area contributed by atoms with E-state index in [-0.39, 0.29) is 23.9 Å². The molecule has 2 amide bonds. The lowest BCUT2D eigenvalue weighted by Gasteiger charge is -2.46. The van der Waals surface area contributed by atoms with E-state index in [9.17, 15) is 9.59 Å². The van der Waals surface area contributed by atoms with E-state index in [1.165, 1.54) is 24.8 Å². The smallest absolute Gasteiger partial charge is 0.254 e. The Morgan fingerprint density at radius 3 is 2.50 bits per heavy atom. The van der Waals surface area contributed by atoms with Gasteiger partial charge in [0.2, 0.25) is 5.91 Å². The van der Waals surface area contributed by atoms with Crippen LogP contribution in [0.1, 0.15) is 97.7 Å². The molecule has 2 aliphatic carbocycles. The summed E-state index contributed by atoms with van der Waals surface area (Å²) in [5.74, 6) is 0.379. The number of carbonyl (C=O) groups is 2. The lowest BCUT2D eigenvalue weighted by atomic mass is 9.77. The summed E-state index contributed by atoms with van der Waals surface area (Å²) in [4.78, 5) is 30.0. The van der Waals surface area contributed by atoms with Crippen LogP contribution in [0.15, 0.2) is 60.2 Å². The van der Waals surface area contributed by atoms with Gasteiger partial charge in [0.05, 0.1) is 19.1 Å². The van der Waals surface area contributed by atoms with Crippen LogP contribution >= 0.6 is 0 Å². The van der Waals surface area contributed by atoms with Crippen LogP contribution in [0.3, 0.4) is 0 Å². The van der Waals surface area contributed by atoms with Crippen molar-refractivity contribution < 1.29 is 14.3 Å². The zero-order valence-corrected chi connectivity index (χ0v) is 21.4. The molecule has 0 unspecified atom stereocenters. The second-order valence-electron chi connectivity index (χ2n) is 10.4. The Kier molecular flexibility index (Phi) is 7.74. The van der Waals surface area contributed by atoms with Gasteiger partial charge in [0.1, 0.15) is 5.75 Å². The zero-order valence-electron chi connectivity index (χ0n) is 21.4. The average molecular weight is 487 g/mol. The topological polar surface area (TPSA) is 58.6 Å². The van der Waals surface area contributed by atoms with E-state index >= 15 is 0 Å². The van der Waals surface area contributed by atoms with Crippen molar-refractivity contribution in [2.24, 2.45) is 0 Å². The molecule has 0 bridgehead atoms. The van der Waals surface area contributed by atoms with E-state index in [1.807, 2.05) is 48.5 Å². The van der Waals surface area contributed by atoms with Gasteiger partial charge in [-0.3, -0.25) is 9.59 Å². The molecule has 5 rings (SSSR count). The van der Waals surface area contributed by atoms with Crippen molar-refractivity contribution >= 4 is 11.8 Å². The molecular weight excluding hydrogens is 448 g/mol. The van der Waals surface area contributed by atoms with Crippen LogP contribution in [-0.2, 0) is 4.79 Å². The van der Waals surface area contributed by atoms with Crippen LogP contribution in [0.25, 0.3) is 0 Å². The number of nitrogens with zero attached hydrogens (tertiary/aromatic N) is 1. The van der Waals surface area contributed by atoms with Crippen molar-refractivity contribution in [3.05, 3.63) is 76.9 Å². The zero-order chi connectivity index (χ0) is 24.9. The van der Waals surface area contributed by atoms with Crippen molar-refractivity contribution in [1.29, 1.82) is 0 Å². The fourth-order valence-corrected chi connectivity index (χ4v) is 6.34. The summed E-state index contributed by atoms with van der Waals surface area (Å²) in [5, 5.41) is 3.26. The van der Waals surface area contributed by atoms with Gasteiger partial charge in [-0.1, -0.05) is 61.2 Å². The maximum absolute atomic E-state index is 14.0. The van der Waals surface area contributed by atoms with Gasteiger partial charge in [0, 0.05) is 18.2 Å². The third-order valence-corrected chi connectivity index (χ3v) is 8.21. The van der Waals surface area contributed by atoms with E-state index in [1.54, 1.807) is 7.11 Å². The first-order chi connectivity index (χ1) is 17.7. The minimum absolute atomic E-state index is 0.00740. The number of amides is 2. The van der Waals surface area contributed by atoms with Gasteiger partial charge in [-0.15, -0.1) is 0 Å². The van der Waals surface area contributed by atoms with Gasteiger partial charge in [0.15, 0.2) is 0 Å². The molecule has 1 heterocycles. The Balaban J connectivity index is 1.51. The monoisotopic (exact) mass is 486 g/mol. The number of fused-ring (bicyclic) bond motifs is 1. The highest BCUT2D eigenvalue weighted by molar-refractivity contribution is 6.01. The number of rotatable bonds is 7. The Labute approximate surface area is 214 Å². The molecule has 0 saturated heterocycles. The van der Waals surface area contributed by atoms with E-state index in [2.05, 4.69) is 16.3 Å². The highest BCUT2D eigenvalue weighted by Gasteiger charge is 2.46. The largest absolute Gasteiger partial charge is 0.497 e. The molecular formula is C31H38N2O3. The average Bonchev–Trinajstić information content (AvgIpc) is 2.94. The summed E-state index contributed by atoms with van der Waals surface area (Å²) < 4.78 is 5.40. The Hall–Kier alpha value is -3.08. The molecule has 5 nitrogen and oxygen atoms in total. The number of hydrogen-bond acceptors (Lipinski definition) is 3. The molecule has 1 N–H and O–H groups in total. The molecule has 1 fully saturated rings. The van der Waals surface area contributed by atoms with Crippen LogP contribution < -0.4 is 10.1 Å². The Bertz CT molecular complexity index is 1100. The number of ether oxygens (including phenoxy) is 1. The van der Waals surface area contributed by atoms with Gasteiger partial charge in [-0.2, -0.15) is 0 Å². The molecule has 1 aliphatic heterocycles. The number of allylic oxidation sites excluding steroid dienone is 1. The van der Waals surface area contributed by atoms with Crippen molar-refractivity contribution in [2.75, 3.05) is 13.7 Å². The predicted molar refractivity (Wildman–Crippen MR) is 142 cm³/mol. The highest BCUT2D eigenvalue weighted by Crippen LogP contribution is 2.46. The molecule has 2 atom stereocenters. The van der Waals surface area contributed by atoms with Gasteiger partial charge < -0.3 is 15.0 Å². The summed E-state index contributed by atoms with van der Waals surface area (Å²) in [7, 11) is 1.65. The van der Waals surface area contributed by atoms with Crippen LogP contribution in [0.5, 0.6) is 5.75 Å². The van der Waals surface area contributed by atoms with E-state index in [0.717, 1.165) is 61.8 Å². The van der Waals surface area contributed by atoms with Crippen molar-refractivity contribution in [3.63, 3.8) is 0 Å². The first-order valence-electron chi connectivity index (χ1n) is 13.7. The second-order valence-corrected chi connectivity index (χ2v) is 10.4. The first kappa shape index (κ1) is 24.6. The third kappa shape index (κ3) is 5.07. The van der Waals surface area contributed by atoms with Gasteiger partial charge in [0.25, 0.3) is 5.91 Å². The lowest BCUT2D eigenvalue weighted by Crippen LogP contribution is -2.52. The maximum atomic E-state index is 14.0. The summed E-state index contributed by atoms with van der Waals surface area (Å²) in [6, 6.07) is 15.4. The number of methoxy groups -OCH3 is 1. The molecule has 190 valence electrons. The van der Waals surface area contributed by atoms with Crippen molar-refractivity contribution in [2.45, 2.75) is 82.2 Å². The summed E-state index contributed by atoms with van der Waals surface area (Å²) >= 11 is 0. The number of nitrogens with one attached hydrogen (secondary N) is 1. The molecule has 36 heavy (non-hydrogen) atoms. The molecule has 0 radical (unpaired) electrons. The molecule has 2 aromatic rings. The maximum Gasteiger partial charge on any atom is 0.254 e. The number of hydrogen-bond donors (Lipinski definition) is 1. The van der Waals surface area contributed by atoms with E-state index < -0.39 is 5.92 Å².